The maximum atomic E-state index is 5.62. The van der Waals surface area contributed by atoms with Crippen LogP contribution in [0.1, 0.15) is 37.0 Å². The standard InChI is InChI=1S/C13H16N4/c1-9(2)13-15-12(16-17-13)8-5-10-3-6-11(14)7-4-10/h3-9H,14H2,1-2H3,(H,15,16,17)/b8-5+. The summed E-state index contributed by atoms with van der Waals surface area (Å²) >= 11 is 0. The Labute approximate surface area is 101 Å². The van der Waals surface area contributed by atoms with Crippen LogP contribution in [-0.2, 0) is 0 Å². The van der Waals surface area contributed by atoms with Crippen molar-refractivity contribution in [2.45, 2.75) is 19.8 Å². The highest BCUT2D eigenvalue weighted by Gasteiger charge is 2.03. The van der Waals surface area contributed by atoms with Crippen LogP contribution in [-0.4, -0.2) is 15.2 Å². The summed E-state index contributed by atoms with van der Waals surface area (Å²) in [4.78, 5) is 4.36. The fourth-order valence-corrected chi connectivity index (χ4v) is 1.40. The molecule has 0 unspecified atom stereocenters. The van der Waals surface area contributed by atoms with Crippen molar-refractivity contribution in [2.24, 2.45) is 0 Å². The van der Waals surface area contributed by atoms with E-state index in [4.69, 9.17) is 5.73 Å². The van der Waals surface area contributed by atoms with E-state index in [-0.39, 0.29) is 0 Å². The lowest BCUT2D eigenvalue weighted by molar-refractivity contribution is 0.781. The molecule has 0 atom stereocenters. The van der Waals surface area contributed by atoms with Crippen molar-refractivity contribution in [1.82, 2.24) is 15.2 Å². The third-order valence-electron chi connectivity index (χ3n) is 2.43. The van der Waals surface area contributed by atoms with Gasteiger partial charge in [-0.2, -0.15) is 5.10 Å². The lowest BCUT2D eigenvalue weighted by atomic mass is 10.2. The van der Waals surface area contributed by atoms with Crippen LogP contribution >= 0.6 is 0 Å². The van der Waals surface area contributed by atoms with Crippen molar-refractivity contribution in [3.05, 3.63) is 41.5 Å². The highest BCUT2D eigenvalue weighted by molar-refractivity contribution is 5.67. The predicted molar refractivity (Wildman–Crippen MR) is 70.3 cm³/mol. The van der Waals surface area contributed by atoms with Gasteiger partial charge in [0.2, 0.25) is 0 Å². The molecule has 2 aromatic rings. The Hall–Kier alpha value is -2.10. The van der Waals surface area contributed by atoms with Crippen LogP contribution < -0.4 is 5.73 Å². The molecule has 88 valence electrons. The number of aromatic amines is 1. The van der Waals surface area contributed by atoms with Gasteiger partial charge in [-0.3, -0.25) is 5.10 Å². The number of nitrogen functional groups attached to an aromatic ring is 1. The molecule has 0 spiro atoms. The van der Waals surface area contributed by atoms with Crippen molar-refractivity contribution in [2.75, 3.05) is 5.73 Å². The van der Waals surface area contributed by atoms with E-state index in [1.807, 2.05) is 36.4 Å². The van der Waals surface area contributed by atoms with Gasteiger partial charge in [0.1, 0.15) is 5.82 Å². The van der Waals surface area contributed by atoms with Crippen LogP contribution in [0.2, 0.25) is 0 Å². The summed E-state index contributed by atoms with van der Waals surface area (Å²) in [7, 11) is 0. The van der Waals surface area contributed by atoms with Crippen molar-refractivity contribution in [3.63, 3.8) is 0 Å². The van der Waals surface area contributed by atoms with Crippen molar-refractivity contribution >= 4 is 17.8 Å². The Kier molecular flexibility index (Phi) is 3.23. The van der Waals surface area contributed by atoms with E-state index >= 15 is 0 Å². The summed E-state index contributed by atoms with van der Waals surface area (Å²) in [6, 6.07) is 7.66. The van der Waals surface area contributed by atoms with E-state index in [1.54, 1.807) is 0 Å². The Morgan fingerprint density at radius 1 is 1.18 bits per heavy atom. The normalized spacial score (nSPS) is 11.5. The molecule has 0 saturated carbocycles. The molecule has 17 heavy (non-hydrogen) atoms. The van der Waals surface area contributed by atoms with Crippen molar-refractivity contribution < 1.29 is 0 Å². The highest BCUT2D eigenvalue weighted by Crippen LogP contribution is 2.11. The maximum absolute atomic E-state index is 5.62. The summed E-state index contributed by atoms with van der Waals surface area (Å²) in [5.74, 6) is 1.97. The van der Waals surface area contributed by atoms with E-state index < -0.39 is 0 Å². The third kappa shape index (κ3) is 2.93. The molecule has 4 nitrogen and oxygen atoms in total. The molecular formula is C13H16N4. The van der Waals surface area contributed by atoms with Crippen LogP contribution in [0, 0.1) is 0 Å². The van der Waals surface area contributed by atoms with Crippen LogP contribution in [0.15, 0.2) is 24.3 Å². The monoisotopic (exact) mass is 228 g/mol. The minimum absolute atomic E-state index is 0.362. The quantitative estimate of drug-likeness (QED) is 0.794. The molecule has 0 aliphatic carbocycles. The Morgan fingerprint density at radius 2 is 1.88 bits per heavy atom. The number of anilines is 1. The second-order valence-electron chi connectivity index (χ2n) is 4.23. The highest BCUT2D eigenvalue weighted by atomic mass is 15.2. The zero-order valence-electron chi connectivity index (χ0n) is 10.0. The molecule has 0 amide bonds. The molecule has 0 radical (unpaired) electrons. The first-order valence-corrected chi connectivity index (χ1v) is 5.61. The van der Waals surface area contributed by atoms with Gasteiger partial charge in [-0.25, -0.2) is 4.98 Å². The molecule has 1 aromatic heterocycles. The lowest BCUT2D eigenvalue weighted by Crippen LogP contribution is -1.89. The number of hydrogen-bond acceptors (Lipinski definition) is 3. The van der Waals surface area contributed by atoms with E-state index in [0.29, 0.717) is 11.7 Å². The number of nitrogens with zero attached hydrogens (tertiary/aromatic N) is 2. The molecule has 2 rings (SSSR count). The average Bonchev–Trinajstić information content (AvgIpc) is 2.77. The first-order chi connectivity index (χ1) is 8.15. The number of benzene rings is 1. The fraction of sp³-hybridized carbons (Fsp3) is 0.231. The van der Waals surface area contributed by atoms with E-state index in [0.717, 1.165) is 17.1 Å². The van der Waals surface area contributed by atoms with Gasteiger partial charge in [-0.1, -0.05) is 32.1 Å². The minimum atomic E-state index is 0.362. The second kappa shape index (κ2) is 4.82. The van der Waals surface area contributed by atoms with Crippen molar-refractivity contribution in [3.8, 4) is 0 Å². The molecule has 0 saturated heterocycles. The van der Waals surface area contributed by atoms with Gasteiger partial charge in [0.15, 0.2) is 5.82 Å². The molecule has 0 aliphatic rings. The second-order valence-corrected chi connectivity index (χ2v) is 4.23. The van der Waals surface area contributed by atoms with E-state index in [2.05, 4.69) is 29.0 Å². The molecule has 1 aromatic carbocycles. The topological polar surface area (TPSA) is 67.6 Å². The molecule has 1 heterocycles. The number of hydrogen-bond donors (Lipinski definition) is 2. The van der Waals surface area contributed by atoms with Gasteiger partial charge in [-0.15, -0.1) is 0 Å². The summed E-state index contributed by atoms with van der Waals surface area (Å²) < 4.78 is 0. The molecule has 0 aliphatic heterocycles. The number of H-pyrrole nitrogens is 1. The van der Waals surface area contributed by atoms with E-state index in [1.165, 1.54) is 0 Å². The smallest absolute Gasteiger partial charge is 0.173 e. The average molecular weight is 228 g/mol. The number of aromatic nitrogens is 3. The molecule has 0 bridgehead atoms. The number of nitrogens with two attached hydrogens (primary N) is 1. The van der Waals surface area contributed by atoms with Crippen LogP contribution in [0.25, 0.3) is 12.2 Å². The first kappa shape index (κ1) is 11.4. The fourth-order valence-electron chi connectivity index (χ4n) is 1.40. The first-order valence-electron chi connectivity index (χ1n) is 5.61. The van der Waals surface area contributed by atoms with Crippen molar-refractivity contribution in [1.29, 1.82) is 0 Å². The Morgan fingerprint density at radius 3 is 2.47 bits per heavy atom. The summed E-state index contributed by atoms with van der Waals surface area (Å²) in [5, 5.41) is 7.04. The Balaban J connectivity index is 2.11. The van der Waals surface area contributed by atoms with Crippen LogP contribution in [0.3, 0.4) is 0 Å². The maximum Gasteiger partial charge on any atom is 0.173 e. The Bertz CT molecular complexity index is 508. The summed E-state index contributed by atoms with van der Waals surface area (Å²) in [5.41, 5.74) is 7.46. The van der Waals surface area contributed by atoms with Gasteiger partial charge in [0.05, 0.1) is 0 Å². The van der Waals surface area contributed by atoms with Gasteiger partial charge in [0, 0.05) is 11.6 Å². The minimum Gasteiger partial charge on any atom is -0.399 e. The molecule has 4 heteroatoms. The molecule has 0 fully saturated rings. The van der Waals surface area contributed by atoms with Crippen LogP contribution in [0.5, 0.6) is 0 Å². The largest absolute Gasteiger partial charge is 0.399 e. The summed E-state index contributed by atoms with van der Waals surface area (Å²) in [6.07, 6.45) is 3.85. The number of nitrogens with one attached hydrogen (secondary N) is 1. The van der Waals surface area contributed by atoms with Gasteiger partial charge >= 0.3 is 0 Å². The van der Waals surface area contributed by atoms with E-state index in [9.17, 15) is 0 Å². The van der Waals surface area contributed by atoms with Gasteiger partial charge in [0.25, 0.3) is 0 Å². The number of rotatable bonds is 3. The zero-order valence-corrected chi connectivity index (χ0v) is 10.0. The van der Waals surface area contributed by atoms with Crippen LogP contribution in [0.4, 0.5) is 5.69 Å². The van der Waals surface area contributed by atoms with Gasteiger partial charge < -0.3 is 5.73 Å². The lowest BCUT2D eigenvalue weighted by Gasteiger charge is -1.94. The molecular weight excluding hydrogens is 212 g/mol. The third-order valence-corrected chi connectivity index (χ3v) is 2.43. The summed E-state index contributed by atoms with van der Waals surface area (Å²) in [6.45, 7) is 4.15. The SMILES string of the molecule is CC(C)c1nc(/C=C/c2ccc(N)cc2)n[nH]1. The zero-order chi connectivity index (χ0) is 12.3. The van der Waals surface area contributed by atoms with Gasteiger partial charge in [-0.05, 0) is 23.8 Å². The molecule has 3 N–H and O–H groups in total. The predicted octanol–water partition coefficient (Wildman–Crippen LogP) is 2.68.